The fourth-order valence-corrected chi connectivity index (χ4v) is 4.48. The van der Waals surface area contributed by atoms with Gasteiger partial charge in [0.25, 0.3) is 5.91 Å². The predicted molar refractivity (Wildman–Crippen MR) is 142 cm³/mol. The maximum atomic E-state index is 13.3. The van der Waals surface area contributed by atoms with E-state index in [1.807, 2.05) is 54.3 Å². The molecule has 0 spiro atoms. The van der Waals surface area contributed by atoms with Crippen molar-refractivity contribution in [3.8, 4) is 11.5 Å². The second-order valence-electron chi connectivity index (χ2n) is 9.91. The zero-order chi connectivity index (χ0) is 24.8. The molecule has 0 unspecified atom stereocenters. The van der Waals surface area contributed by atoms with Gasteiger partial charge >= 0.3 is 0 Å². The molecule has 5 heteroatoms. The van der Waals surface area contributed by atoms with E-state index in [1.54, 1.807) is 0 Å². The van der Waals surface area contributed by atoms with Crippen LogP contribution in [0, 0.1) is 0 Å². The average Bonchev–Trinajstić information content (AvgIpc) is 2.88. The summed E-state index contributed by atoms with van der Waals surface area (Å²) in [6.07, 6.45) is 0. The molecular formula is C30H36N2O3. The second kappa shape index (κ2) is 10.9. The summed E-state index contributed by atoms with van der Waals surface area (Å²) in [5.74, 6) is 1.67. The maximum absolute atomic E-state index is 13.3. The monoisotopic (exact) mass is 472 g/mol. The number of hydrogen-bond donors (Lipinski definition) is 0. The molecule has 0 radical (unpaired) electrons. The molecule has 0 bridgehead atoms. The number of hydrogen-bond acceptors (Lipinski definition) is 4. The zero-order valence-electron chi connectivity index (χ0n) is 21.3. The molecule has 5 nitrogen and oxygen atoms in total. The number of anilines is 1. The van der Waals surface area contributed by atoms with E-state index in [2.05, 4.69) is 56.0 Å². The van der Waals surface area contributed by atoms with Crippen molar-refractivity contribution in [2.75, 3.05) is 37.7 Å². The molecule has 0 aromatic heterocycles. The standard InChI is InChI=1S/C30H36N2O3/c1-5-34-27-16-15-23(21-24(27)22-35-28-14-10-9-13-26(28)30(2,3)4)29(33)32-19-17-31(18-20-32)25-11-7-6-8-12-25/h6-16,21H,5,17-20,22H2,1-4H3. The van der Waals surface area contributed by atoms with Crippen LogP contribution in [0.4, 0.5) is 5.69 Å². The van der Waals surface area contributed by atoms with E-state index in [4.69, 9.17) is 9.47 Å². The van der Waals surface area contributed by atoms with Gasteiger partial charge in [-0.2, -0.15) is 0 Å². The van der Waals surface area contributed by atoms with Crippen molar-refractivity contribution in [1.29, 1.82) is 0 Å². The number of rotatable bonds is 7. The van der Waals surface area contributed by atoms with E-state index >= 15 is 0 Å². The highest BCUT2D eigenvalue weighted by Gasteiger charge is 2.24. The van der Waals surface area contributed by atoms with Crippen LogP contribution in [0.25, 0.3) is 0 Å². The summed E-state index contributed by atoms with van der Waals surface area (Å²) < 4.78 is 12.1. The van der Waals surface area contributed by atoms with Gasteiger partial charge in [-0.25, -0.2) is 0 Å². The fraction of sp³-hybridized carbons (Fsp3) is 0.367. The quantitative estimate of drug-likeness (QED) is 0.428. The molecule has 35 heavy (non-hydrogen) atoms. The third kappa shape index (κ3) is 5.97. The molecule has 0 N–H and O–H groups in total. The van der Waals surface area contributed by atoms with E-state index in [9.17, 15) is 4.79 Å². The first kappa shape index (κ1) is 24.6. The molecule has 1 heterocycles. The highest BCUT2D eigenvalue weighted by Crippen LogP contribution is 2.32. The third-order valence-electron chi connectivity index (χ3n) is 6.37. The van der Waals surface area contributed by atoms with Gasteiger partial charge in [-0.1, -0.05) is 57.2 Å². The van der Waals surface area contributed by atoms with Crippen LogP contribution in [0.15, 0.2) is 72.8 Å². The van der Waals surface area contributed by atoms with Crippen molar-refractivity contribution < 1.29 is 14.3 Å². The van der Waals surface area contributed by atoms with Gasteiger partial charge in [-0.3, -0.25) is 4.79 Å². The van der Waals surface area contributed by atoms with Gasteiger partial charge < -0.3 is 19.3 Å². The van der Waals surface area contributed by atoms with E-state index in [1.165, 1.54) is 5.69 Å². The van der Waals surface area contributed by atoms with Crippen molar-refractivity contribution >= 4 is 11.6 Å². The molecule has 3 aromatic rings. The lowest BCUT2D eigenvalue weighted by atomic mass is 9.86. The number of para-hydroxylation sites is 2. The molecule has 1 aliphatic heterocycles. The van der Waals surface area contributed by atoms with Crippen LogP contribution < -0.4 is 14.4 Å². The molecule has 0 atom stereocenters. The Morgan fingerprint density at radius 1 is 0.829 bits per heavy atom. The number of carbonyl (C=O) groups excluding carboxylic acids is 1. The van der Waals surface area contributed by atoms with E-state index in [-0.39, 0.29) is 11.3 Å². The minimum atomic E-state index is -0.0287. The van der Waals surface area contributed by atoms with Crippen LogP contribution >= 0.6 is 0 Å². The molecule has 1 saturated heterocycles. The van der Waals surface area contributed by atoms with E-state index in [0.29, 0.717) is 31.9 Å². The summed E-state index contributed by atoms with van der Waals surface area (Å²) in [5, 5.41) is 0. The number of piperazine rings is 1. The summed E-state index contributed by atoms with van der Waals surface area (Å²) in [7, 11) is 0. The Labute approximate surface area is 209 Å². The first-order valence-corrected chi connectivity index (χ1v) is 12.4. The Bertz CT molecular complexity index is 1130. The number of nitrogens with zero attached hydrogens (tertiary/aromatic N) is 2. The second-order valence-corrected chi connectivity index (χ2v) is 9.91. The number of benzene rings is 3. The topological polar surface area (TPSA) is 42.0 Å². The summed E-state index contributed by atoms with van der Waals surface area (Å²) in [6, 6.07) is 24.2. The van der Waals surface area contributed by atoms with Gasteiger partial charge in [0.1, 0.15) is 18.1 Å². The highest BCUT2D eigenvalue weighted by molar-refractivity contribution is 5.94. The lowest BCUT2D eigenvalue weighted by Crippen LogP contribution is -2.48. The number of carbonyl (C=O) groups is 1. The van der Waals surface area contributed by atoms with Gasteiger partial charge in [0.2, 0.25) is 0 Å². The normalized spacial score (nSPS) is 14.1. The molecule has 184 valence electrons. The third-order valence-corrected chi connectivity index (χ3v) is 6.37. The first-order valence-electron chi connectivity index (χ1n) is 12.4. The summed E-state index contributed by atoms with van der Waals surface area (Å²) >= 11 is 0. The molecule has 4 rings (SSSR count). The van der Waals surface area contributed by atoms with Crippen molar-refractivity contribution in [2.45, 2.75) is 39.7 Å². The zero-order valence-corrected chi connectivity index (χ0v) is 21.3. The van der Waals surface area contributed by atoms with Gasteiger partial charge in [0.05, 0.1) is 6.61 Å². The first-order chi connectivity index (χ1) is 16.9. The summed E-state index contributed by atoms with van der Waals surface area (Å²) in [5.41, 5.74) is 3.88. The maximum Gasteiger partial charge on any atom is 0.253 e. The number of amides is 1. The van der Waals surface area contributed by atoms with Crippen LogP contribution in [-0.4, -0.2) is 43.6 Å². The van der Waals surface area contributed by atoms with Gasteiger partial charge in [-0.05, 0) is 54.3 Å². The lowest BCUT2D eigenvalue weighted by molar-refractivity contribution is 0.0746. The van der Waals surface area contributed by atoms with E-state index in [0.717, 1.165) is 35.7 Å². The molecule has 1 amide bonds. The molecule has 0 saturated carbocycles. The van der Waals surface area contributed by atoms with Gasteiger partial charge in [-0.15, -0.1) is 0 Å². The van der Waals surface area contributed by atoms with Crippen LogP contribution in [0.3, 0.4) is 0 Å². The van der Waals surface area contributed by atoms with E-state index < -0.39 is 0 Å². The van der Waals surface area contributed by atoms with Crippen LogP contribution in [0.2, 0.25) is 0 Å². The van der Waals surface area contributed by atoms with Crippen LogP contribution in [-0.2, 0) is 12.0 Å². The number of ether oxygens (including phenoxy) is 2. The largest absolute Gasteiger partial charge is 0.493 e. The minimum absolute atomic E-state index is 0.0287. The smallest absolute Gasteiger partial charge is 0.253 e. The fourth-order valence-electron chi connectivity index (χ4n) is 4.48. The molecule has 3 aromatic carbocycles. The van der Waals surface area contributed by atoms with Crippen molar-refractivity contribution in [2.24, 2.45) is 0 Å². The summed E-state index contributed by atoms with van der Waals surface area (Å²) in [4.78, 5) is 17.6. The molecular weight excluding hydrogens is 436 g/mol. The summed E-state index contributed by atoms with van der Waals surface area (Å²) in [6.45, 7) is 12.4. The minimum Gasteiger partial charge on any atom is -0.493 e. The van der Waals surface area contributed by atoms with Crippen molar-refractivity contribution in [1.82, 2.24) is 4.90 Å². The Morgan fingerprint density at radius 2 is 1.51 bits per heavy atom. The van der Waals surface area contributed by atoms with Gasteiger partial charge in [0, 0.05) is 43.0 Å². The highest BCUT2D eigenvalue weighted by atomic mass is 16.5. The lowest BCUT2D eigenvalue weighted by Gasteiger charge is -2.36. The van der Waals surface area contributed by atoms with Crippen molar-refractivity contribution in [3.05, 3.63) is 89.5 Å². The van der Waals surface area contributed by atoms with Crippen LogP contribution in [0.1, 0.15) is 49.2 Å². The Morgan fingerprint density at radius 3 is 2.20 bits per heavy atom. The SMILES string of the molecule is CCOc1ccc(C(=O)N2CCN(c3ccccc3)CC2)cc1COc1ccccc1C(C)(C)C. The van der Waals surface area contributed by atoms with Gasteiger partial charge in [0.15, 0.2) is 0 Å². The average molecular weight is 473 g/mol. The molecule has 0 aliphatic carbocycles. The Kier molecular flexibility index (Phi) is 7.64. The molecule has 1 fully saturated rings. The Hall–Kier alpha value is -3.47. The van der Waals surface area contributed by atoms with Crippen molar-refractivity contribution in [3.63, 3.8) is 0 Å². The predicted octanol–water partition coefficient (Wildman–Crippen LogP) is 5.92. The molecule has 1 aliphatic rings. The van der Waals surface area contributed by atoms with Crippen LogP contribution in [0.5, 0.6) is 11.5 Å². The Balaban J connectivity index is 1.48.